The van der Waals surface area contributed by atoms with Crippen molar-refractivity contribution in [3.05, 3.63) is 42.0 Å². The highest BCUT2D eigenvalue weighted by Gasteiger charge is 2.23. The van der Waals surface area contributed by atoms with E-state index in [0.717, 1.165) is 11.5 Å². The van der Waals surface area contributed by atoms with E-state index >= 15 is 0 Å². The summed E-state index contributed by atoms with van der Waals surface area (Å²) in [5.41, 5.74) is 1.58. The van der Waals surface area contributed by atoms with Crippen molar-refractivity contribution in [2.24, 2.45) is 0 Å². The molecule has 88 valence electrons. The minimum Gasteiger partial charge on any atom is -0.353 e. The standard InChI is InChI=1S/C13H14FN3/c1-9-2-5-11(14)12(8-9)17-7-6-15-13(17)16-10-3-4-10/h2,5-8,10H,3-4H2,1H3,(H,15,16). The van der Waals surface area contributed by atoms with Crippen molar-refractivity contribution in [2.45, 2.75) is 25.8 Å². The average molecular weight is 231 g/mol. The maximum atomic E-state index is 13.8. The van der Waals surface area contributed by atoms with Crippen LogP contribution in [0.25, 0.3) is 5.69 Å². The van der Waals surface area contributed by atoms with Crippen LogP contribution in [0.15, 0.2) is 30.6 Å². The van der Waals surface area contributed by atoms with Crippen molar-refractivity contribution in [3.63, 3.8) is 0 Å². The molecule has 17 heavy (non-hydrogen) atoms. The van der Waals surface area contributed by atoms with Gasteiger partial charge in [0.25, 0.3) is 0 Å². The summed E-state index contributed by atoms with van der Waals surface area (Å²) < 4.78 is 15.6. The molecule has 0 spiro atoms. The van der Waals surface area contributed by atoms with Crippen LogP contribution in [0.4, 0.5) is 10.3 Å². The molecule has 0 atom stereocenters. The monoisotopic (exact) mass is 231 g/mol. The summed E-state index contributed by atoms with van der Waals surface area (Å²) in [6.45, 7) is 1.95. The summed E-state index contributed by atoms with van der Waals surface area (Å²) in [7, 11) is 0. The predicted molar refractivity (Wildman–Crippen MR) is 64.9 cm³/mol. The fraction of sp³-hybridized carbons (Fsp3) is 0.308. The number of aryl methyl sites for hydroxylation is 1. The number of hydrogen-bond donors (Lipinski definition) is 1. The molecule has 0 amide bonds. The third kappa shape index (κ3) is 2.02. The van der Waals surface area contributed by atoms with E-state index in [-0.39, 0.29) is 5.82 Å². The van der Waals surface area contributed by atoms with E-state index in [2.05, 4.69) is 10.3 Å². The molecule has 1 aromatic carbocycles. The molecule has 1 aliphatic rings. The van der Waals surface area contributed by atoms with E-state index in [0.29, 0.717) is 11.7 Å². The molecule has 1 fully saturated rings. The van der Waals surface area contributed by atoms with Crippen molar-refractivity contribution in [3.8, 4) is 5.69 Å². The Hall–Kier alpha value is -1.84. The van der Waals surface area contributed by atoms with Gasteiger partial charge in [0.15, 0.2) is 0 Å². The van der Waals surface area contributed by atoms with Gasteiger partial charge in [-0.2, -0.15) is 0 Å². The van der Waals surface area contributed by atoms with Crippen LogP contribution >= 0.6 is 0 Å². The summed E-state index contributed by atoms with van der Waals surface area (Å²) >= 11 is 0. The fourth-order valence-corrected chi connectivity index (χ4v) is 1.82. The second-order valence-electron chi connectivity index (χ2n) is 4.49. The average Bonchev–Trinajstić information content (AvgIpc) is 3.00. The quantitative estimate of drug-likeness (QED) is 0.880. The lowest BCUT2D eigenvalue weighted by molar-refractivity contribution is 0.618. The zero-order valence-corrected chi connectivity index (χ0v) is 9.65. The summed E-state index contributed by atoms with van der Waals surface area (Å²) in [4.78, 5) is 4.23. The summed E-state index contributed by atoms with van der Waals surface area (Å²) in [5.74, 6) is 0.490. The Morgan fingerprint density at radius 3 is 3.00 bits per heavy atom. The van der Waals surface area contributed by atoms with Crippen molar-refractivity contribution < 1.29 is 4.39 Å². The van der Waals surface area contributed by atoms with Crippen LogP contribution in [0.3, 0.4) is 0 Å². The molecule has 0 aliphatic heterocycles. The van der Waals surface area contributed by atoms with Gasteiger partial charge in [-0.15, -0.1) is 0 Å². The van der Waals surface area contributed by atoms with Crippen molar-refractivity contribution in [1.82, 2.24) is 9.55 Å². The highest BCUT2D eigenvalue weighted by molar-refractivity contribution is 5.45. The topological polar surface area (TPSA) is 29.9 Å². The van der Waals surface area contributed by atoms with E-state index in [4.69, 9.17) is 0 Å². The van der Waals surface area contributed by atoms with Crippen molar-refractivity contribution in [2.75, 3.05) is 5.32 Å². The van der Waals surface area contributed by atoms with Crippen LogP contribution in [0.1, 0.15) is 18.4 Å². The molecule has 1 aliphatic carbocycles. The smallest absolute Gasteiger partial charge is 0.207 e. The molecular formula is C13H14FN3. The Morgan fingerprint density at radius 2 is 2.24 bits per heavy atom. The number of halogens is 1. The van der Waals surface area contributed by atoms with Crippen molar-refractivity contribution >= 4 is 5.95 Å². The summed E-state index contributed by atoms with van der Waals surface area (Å²) in [6.07, 6.45) is 5.81. The third-order valence-corrected chi connectivity index (χ3v) is 2.91. The molecule has 0 unspecified atom stereocenters. The first-order valence-electron chi connectivity index (χ1n) is 5.80. The Morgan fingerprint density at radius 1 is 1.41 bits per heavy atom. The number of rotatable bonds is 3. The Kier molecular flexibility index (Phi) is 2.35. The minimum atomic E-state index is -0.229. The molecule has 3 rings (SSSR count). The van der Waals surface area contributed by atoms with Gasteiger partial charge in [-0.25, -0.2) is 9.37 Å². The third-order valence-electron chi connectivity index (χ3n) is 2.91. The van der Waals surface area contributed by atoms with Gasteiger partial charge in [-0.3, -0.25) is 4.57 Å². The number of nitrogens with zero attached hydrogens (tertiary/aromatic N) is 2. The van der Waals surface area contributed by atoms with E-state index in [1.165, 1.54) is 18.9 Å². The lowest BCUT2D eigenvalue weighted by atomic mass is 10.2. The van der Waals surface area contributed by atoms with Gasteiger partial charge < -0.3 is 5.32 Å². The number of aromatic nitrogens is 2. The lowest BCUT2D eigenvalue weighted by Crippen LogP contribution is -2.08. The second-order valence-corrected chi connectivity index (χ2v) is 4.49. The highest BCUT2D eigenvalue weighted by Crippen LogP contribution is 2.26. The SMILES string of the molecule is Cc1ccc(F)c(-n2ccnc2NC2CC2)c1. The normalized spacial score (nSPS) is 14.9. The Labute approximate surface area is 99.3 Å². The van der Waals surface area contributed by atoms with E-state index in [1.807, 2.05) is 13.0 Å². The van der Waals surface area contributed by atoms with Crippen LogP contribution in [0.2, 0.25) is 0 Å². The van der Waals surface area contributed by atoms with Gasteiger partial charge in [0.2, 0.25) is 5.95 Å². The fourth-order valence-electron chi connectivity index (χ4n) is 1.82. The van der Waals surface area contributed by atoms with Gasteiger partial charge in [-0.1, -0.05) is 6.07 Å². The predicted octanol–water partition coefficient (Wildman–Crippen LogP) is 2.89. The molecular weight excluding hydrogens is 217 g/mol. The van der Waals surface area contributed by atoms with Crippen LogP contribution in [0, 0.1) is 12.7 Å². The molecule has 3 nitrogen and oxygen atoms in total. The molecule has 0 saturated heterocycles. The zero-order chi connectivity index (χ0) is 11.8. The number of benzene rings is 1. The largest absolute Gasteiger partial charge is 0.353 e. The molecule has 1 aromatic heterocycles. The maximum absolute atomic E-state index is 13.8. The molecule has 1 saturated carbocycles. The van der Waals surface area contributed by atoms with Gasteiger partial charge in [0, 0.05) is 18.4 Å². The first-order valence-corrected chi connectivity index (χ1v) is 5.80. The molecule has 2 aromatic rings. The van der Waals surface area contributed by atoms with Crippen LogP contribution in [-0.4, -0.2) is 15.6 Å². The van der Waals surface area contributed by atoms with E-state index in [1.54, 1.807) is 23.0 Å². The van der Waals surface area contributed by atoms with Crippen LogP contribution in [0.5, 0.6) is 0 Å². The summed E-state index contributed by atoms with van der Waals surface area (Å²) in [5, 5.41) is 3.29. The van der Waals surface area contributed by atoms with E-state index < -0.39 is 0 Å². The molecule has 1 heterocycles. The number of imidazole rings is 1. The first-order chi connectivity index (χ1) is 8.24. The van der Waals surface area contributed by atoms with Gasteiger partial charge in [0.05, 0.1) is 5.69 Å². The number of hydrogen-bond acceptors (Lipinski definition) is 2. The second kappa shape index (κ2) is 3.87. The van der Waals surface area contributed by atoms with Gasteiger partial charge in [0.1, 0.15) is 5.82 Å². The van der Waals surface area contributed by atoms with Gasteiger partial charge in [-0.05, 0) is 37.5 Å². The lowest BCUT2D eigenvalue weighted by Gasteiger charge is -2.10. The van der Waals surface area contributed by atoms with E-state index in [9.17, 15) is 4.39 Å². The van der Waals surface area contributed by atoms with Crippen LogP contribution < -0.4 is 5.32 Å². The highest BCUT2D eigenvalue weighted by atomic mass is 19.1. The van der Waals surface area contributed by atoms with Gasteiger partial charge >= 0.3 is 0 Å². The zero-order valence-electron chi connectivity index (χ0n) is 9.65. The maximum Gasteiger partial charge on any atom is 0.207 e. The molecule has 0 bridgehead atoms. The Bertz CT molecular complexity index is 543. The number of anilines is 1. The Balaban J connectivity index is 2.01. The molecule has 0 radical (unpaired) electrons. The van der Waals surface area contributed by atoms with Crippen LogP contribution in [-0.2, 0) is 0 Å². The molecule has 4 heteroatoms. The minimum absolute atomic E-state index is 0.229. The van der Waals surface area contributed by atoms with Crippen molar-refractivity contribution in [1.29, 1.82) is 0 Å². The molecule has 1 N–H and O–H groups in total. The first kappa shape index (κ1) is 10.3. The summed E-state index contributed by atoms with van der Waals surface area (Å²) in [6, 6.07) is 5.59. The number of nitrogens with one attached hydrogen (secondary N) is 1.